The van der Waals surface area contributed by atoms with Gasteiger partial charge in [0.1, 0.15) is 5.82 Å². The molecule has 4 nitrogen and oxygen atoms in total. The number of nitrogens with one attached hydrogen (secondary N) is 2. The molecule has 2 N–H and O–H groups in total. The van der Waals surface area contributed by atoms with Crippen molar-refractivity contribution in [3.63, 3.8) is 0 Å². The molecule has 0 aromatic heterocycles. The van der Waals surface area contributed by atoms with Crippen molar-refractivity contribution in [1.82, 2.24) is 10.6 Å². The van der Waals surface area contributed by atoms with Crippen LogP contribution in [-0.2, 0) is 11.3 Å². The Balaban J connectivity index is 1.66. The van der Waals surface area contributed by atoms with E-state index in [1.807, 2.05) is 6.92 Å². The van der Waals surface area contributed by atoms with Crippen LogP contribution >= 0.6 is 15.9 Å². The molecule has 0 aliphatic carbocycles. The molecule has 22 heavy (non-hydrogen) atoms. The number of halogens is 2. The summed E-state index contributed by atoms with van der Waals surface area (Å²) in [5.74, 6) is 0.495. The minimum absolute atomic E-state index is 0.231. The summed E-state index contributed by atoms with van der Waals surface area (Å²) in [7, 11) is 0. The largest absolute Gasteiger partial charge is 0.373 e. The van der Waals surface area contributed by atoms with E-state index >= 15 is 0 Å². The molecule has 120 valence electrons. The van der Waals surface area contributed by atoms with Gasteiger partial charge in [-0.15, -0.1) is 0 Å². The number of benzene rings is 1. The molecular formula is C16H21BrFN3O. The smallest absolute Gasteiger partial charge is 0.191 e. The predicted molar refractivity (Wildman–Crippen MR) is 88.4 cm³/mol. The maximum atomic E-state index is 13.8. The van der Waals surface area contributed by atoms with Gasteiger partial charge in [-0.3, -0.25) is 0 Å². The molecule has 0 spiro atoms. The SMILES string of the molecule is CCNC(=NCc1cc(Br)ccc1F)NC1CC2CCC1O2. The van der Waals surface area contributed by atoms with E-state index in [9.17, 15) is 4.39 Å². The molecule has 1 aromatic rings. The van der Waals surface area contributed by atoms with E-state index in [2.05, 4.69) is 31.6 Å². The zero-order valence-corrected chi connectivity index (χ0v) is 14.2. The number of ether oxygens (including phenoxy) is 1. The number of guanidine groups is 1. The number of nitrogens with zero attached hydrogens (tertiary/aromatic N) is 1. The van der Waals surface area contributed by atoms with Gasteiger partial charge in [-0.05, 0) is 44.4 Å². The van der Waals surface area contributed by atoms with E-state index in [1.165, 1.54) is 12.5 Å². The lowest BCUT2D eigenvalue weighted by Crippen LogP contribution is -2.47. The Morgan fingerprint density at radius 2 is 2.32 bits per heavy atom. The summed E-state index contributed by atoms with van der Waals surface area (Å²) >= 11 is 3.36. The van der Waals surface area contributed by atoms with E-state index in [4.69, 9.17) is 4.74 Å². The molecule has 2 saturated heterocycles. The van der Waals surface area contributed by atoms with E-state index in [1.54, 1.807) is 12.1 Å². The summed E-state index contributed by atoms with van der Waals surface area (Å²) in [4.78, 5) is 4.51. The van der Waals surface area contributed by atoms with Crippen LogP contribution in [0.25, 0.3) is 0 Å². The van der Waals surface area contributed by atoms with E-state index in [0.717, 1.165) is 29.8 Å². The van der Waals surface area contributed by atoms with Crippen LogP contribution in [0.1, 0.15) is 31.7 Å². The van der Waals surface area contributed by atoms with Gasteiger partial charge < -0.3 is 15.4 Å². The average Bonchev–Trinajstić information content (AvgIpc) is 3.11. The lowest BCUT2D eigenvalue weighted by atomic mass is 9.96. The highest BCUT2D eigenvalue weighted by Gasteiger charge is 2.41. The van der Waals surface area contributed by atoms with Crippen molar-refractivity contribution in [3.05, 3.63) is 34.1 Å². The Hall–Kier alpha value is -1.14. The van der Waals surface area contributed by atoms with Gasteiger partial charge in [-0.25, -0.2) is 9.38 Å². The Bertz CT molecular complexity index is 566. The standard InChI is InChI=1S/C16H21BrFN3O/c1-2-19-16(21-14-8-12-4-6-15(14)22-12)20-9-10-7-11(17)3-5-13(10)18/h3,5,7,12,14-15H,2,4,6,8-9H2,1H3,(H2,19,20,21). The lowest BCUT2D eigenvalue weighted by Gasteiger charge is -2.22. The fraction of sp³-hybridized carbons (Fsp3) is 0.562. The molecule has 0 saturated carbocycles. The van der Waals surface area contributed by atoms with Gasteiger partial charge in [-0.2, -0.15) is 0 Å². The molecule has 2 heterocycles. The summed E-state index contributed by atoms with van der Waals surface area (Å²) in [5.41, 5.74) is 0.579. The second-order valence-corrected chi connectivity index (χ2v) is 6.71. The van der Waals surface area contributed by atoms with Crippen molar-refractivity contribution in [1.29, 1.82) is 0 Å². The van der Waals surface area contributed by atoms with Gasteiger partial charge in [0, 0.05) is 16.6 Å². The number of fused-ring (bicyclic) bond motifs is 2. The van der Waals surface area contributed by atoms with Gasteiger partial charge in [0.25, 0.3) is 0 Å². The zero-order valence-electron chi connectivity index (χ0n) is 12.6. The Labute approximate surface area is 138 Å². The third kappa shape index (κ3) is 3.60. The van der Waals surface area contributed by atoms with Crippen molar-refractivity contribution in [2.24, 2.45) is 4.99 Å². The highest BCUT2D eigenvalue weighted by atomic mass is 79.9. The monoisotopic (exact) mass is 369 g/mol. The molecule has 0 radical (unpaired) electrons. The molecule has 3 unspecified atom stereocenters. The molecule has 1 aromatic carbocycles. The van der Waals surface area contributed by atoms with Crippen LogP contribution in [0.2, 0.25) is 0 Å². The Morgan fingerprint density at radius 1 is 1.45 bits per heavy atom. The maximum Gasteiger partial charge on any atom is 0.191 e. The molecule has 2 aliphatic heterocycles. The van der Waals surface area contributed by atoms with Crippen molar-refractivity contribution in [2.45, 2.75) is 51.0 Å². The molecular weight excluding hydrogens is 349 g/mol. The van der Waals surface area contributed by atoms with Crippen LogP contribution in [0, 0.1) is 5.82 Å². The molecule has 3 rings (SSSR count). The number of aliphatic imine (C=N–C) groups is 1. The molecule has 2 fully saturated rings. The number of hydrogen-bond donors (Lipinski definition) is 2. The summed E-state index contributed by atoms with van der Waals surface area (Å²) in [5, 5.41) is 6.65. The summed E-state index contributed by atoms with van der Waals surface area (Å²) in [6.07, 6.45) is 3.99. The molecule has 2 aliphatic rings. The molecule has 2 bridgehead atoms. The molecule has 3 atom stereocenters. The van der Waals surface area contributed by atoms with Gasteiger partial charge in [0.15, 0.2) is 5.96 Å². The van der Waals surface area contributed by atoms with Crippen LogP contribution in [0.15, 0.2) is 27.7 Å². The van der Waals surface area contributed by atoms with Crippen LogP contribution in [0.3, 0.4) is 0 Å². The Kier molecular flexibility index (Phi) is 4.98. The second-order valence-electron chi connectivity index (χ2n) is 5.79. The van der Waals surface area contributed by atoms with Crippen molar-refractivity contribution >= 4 is 21.9 Å². The molecule has 6 heteroatoms. The van der Waals surface area contributed by atoms with E-state index in [-0.39, 0.29) is 11.9 Å². The summed E-state index contributed by atoms with van der Waals surface area (Å²) in [6, 6.07) is 5.23. The van der Waals surface area contributed by atoms with Gasteiger partial charge in [0.05, 0.1) is 24.8 Å². The van der Waals surface area contributed by atoms with E-state index < -0.39 is 0 Å². The Morgan fingerprint density at radius 3 is 3.00 bits per heavy atom. The van der Waals surface area contributed by atoms with Crippen molar-refractivity contribution in [3.8, 4) is 0 Å². The zero-order chi connectivity index (χ0) is 15.5. The summed E-state index contributed by atoms with van der Waals surface area (Å²) < 4.78 is 20.5. The third-order valence-corrected chi connectivity index (χ3v) is 4.68. The first-order valence-corrected chi connectivity index (χ1v) is 8.59. The van der Waals surface area contributed by atoms with Gasteiger partial charge >= 0.3 is 0 Å². The van der Waals surface area contributed by atoms with Crippen LogP contribution in [0.5, 0.6) is 0 Å². The van der Waals surface area contributed by atoms with Gasteiger partial charge in [0.2, 0.25) is 0 Å². The summed E-state index contributed by atoms with van der Waals surface area (Å²) in [6.45, 7) is 3.10. The third-order valence-electron chi connectivity index (χ3n) is 4.19. The maximum absolute atomic E-state index is 13.8. The minimum atomic E-state index is -0.231. The van der Waals surface area contributed by atoms with Crippen LogP contribution in [-0.4, -0.2) is 30.8 Å². The average molecular weight is 370 g/mol. The normalized spacial score (nSPS) is 27.2. The minimum Gasteiger partial charge on any atom is -0.373 e. The number of hydrogen-bond acceptors (Lipinski definition) is 2. The fourth-order valence-corrected chi connectivity index (χ4v) is 3.52. The van der Waals surface area contributed by atoms with E-state index in [0.29, 0.717) is 24.3 Å². The van der Waals surface area contributed by atoms with Gasteiger partial charge in [-0.1, -0.05) is 15.9 Å². The first kappa shape index (κ1) is 15.7. The first-order valence-electron chi connectivity index (χ1n) is 7.80. The van der Waals surface area contributed by atoms with Crippen LogP contribution in [0.4, 0.5) is 4.39 Å². The lowest BCUT2D eigenvalue weighted by molar-refractivity contribution is 0.0992. The fourth-order valence-electron chi connectivity index (χ4n) is 3.11. The van der Waals surface area contributed by atoms with Crippen molar-refractivity contribution in [2.75, 3.05) is 6.54 Å². The number of rotatable bonds is 4. The van der Waals surface area contributed by atoms with Crippen molar-refractivity contribution < 1.29 is 9.13 Å². The van der Waals surface area contributed by atoms with Crippen LogP contribution < -0.4 is 10.6 Å². The second kappa shape index (κ2) is 6.96. The quantitative estimate of drug-likeness (QED) is 0.633. The first-order chi connectivity index (χ1) is 10.7. The predicted octanol–water partition coefficient (Wildman–Crippen LogP) is 2.96. The highest BCUT2D eigenvalue weighted by Crippen LogP contribution is 2.34. The molecule has 0 amide bonds. The highest BCUT2D eigenvalue weighted by molar-refractivity contribution is 9.10. The topological polar surface area (TPSA) is 45.7 Å².